The Labute approximate surface area is 195 Å². The van der Waals surface area contributed by atoms with E-state index in [1.54, 1.807) is 6.92 Å². The molecule has 33 heavy (non-hydrogen) atoms. The van der Waals surface area contributed by atoms with Crippen LogP contribution in [-0.4, -0.2) is 23.1 Å². The van der Waals surface area contributed by atoms with Gasteiger partial charge in [0, 0.05) is 30.4 Å². The van der Waals surface area contributed by atoms with Crippen LogP contribution in [0.3, 0.4) is 0 Å². The normalized spacial score (nSPS) is 35.3. The quantitative estimate of drug-likeness (QED) is 0.517. The number of nitrogens with two attached hydrogens (primary N) is 1. The maximum atomic E-state index is 13.1. The van der Waals surface area contributed by atoms with Gasteiger partial charge in [0.25, 0.3) is 0 Å². The van der Waals surface area contributed by atoms with Gasteiger partial charge in [0.1, 0.15) is 0 Å². The van der Waals surface area contributed by atoms with Crippen LogP contribution in [-0.2, 0) is 19.1 Å². The molecule has 5 rings (SSSR count). The summed E-state index contributed by atoms with van der Waals surface area (Å²) < 4.78 is 5.96. The minimum absolute atomic E-state index is 0.0467. The monoisotopic (exact) mass is 447 g/mol. The van der Waals surface area contributed by atoms with Gasteiger partial charge in [-0.25, -0.2) is 0 Å². The van der Waals surface area contributed by atoms with E-state index in [-0.39, 0.29) is 29.4 Å². The van der Waals surface area contributed by atoms with Crippen LogP contribution in [0.25, 0.3) is 0 Å². The van der Waals surface area contributed by atoms with Gasteiger partial charge in [-0.2, -0.15) is 0 Å². The van der Waals surface area contributed by atoms with Gasteiger partial charge in [-0.3, -0.25) is 14.4 Å². The maximum absolute atomic E-state index is 13.1. The van der Waals surface area contributed by atoms with Crippen molar-refractivity contribution in [1.82, 2.24) is 0 Å². The van der Waals surface area contributed by atoms with Gasteiger partial charge in [-0.15, -0.1) is 0 Å². The highest BCUT2D eigenvalue weighted by Crippen LogP contribution is 2.67. The number of carbonyl (C=O) groups is 3. The average molecular weight is 448 g/mol. The van der Waals surface area contributed by atoms with Crippen molar-refractivity contribution in [3.8, 4) is 0 Å². The number of ketones is 2. The number of anilines is 1. The lowest BCUT2D eigenvalue weighted by Crippen LogP contribution is -2.57. The molecule has 0 aliphatic heterocycles. The van der Waals surface area contributed by atoms with Gasteiger partial charge >= 0.3 is 5.97 Å². The number of carbonyl (C=O) groups excluding carboxylic acids is 3. The Morgan fingerprint density at radius 1 is 1.06 bits per heavy atom. The molecule has 2 saturated carbocycles. The minimum Gasteiger partial charge on any atom is -0.451 e. The lowest BCUT2D eigenvalue weighted by Gasteiger charge is -2.55. The van der Waals surface area contributed by atoms with Crippen LogP contribution < -0.4 is 5.73 Å². The van der Waals surface area contributed by atoms with Crippen LogP contribution in [0.15, 0.2) is 47.1 Å². The van der Waals surface area contributed by atoms with Gasteiger partial charge in [0.05, 0.1) is 0 Å². The molecule has 5 heteroatoms. The summed E-state index contributed by atoms with van der Waals surface area (Å²) in [5, 5.41) is 0. The smallest absolute Gasteiger partial charge is 0.303 e. The SMILES string of the molecule is CC(=O)OC1(C(C)=O)CCC2C3CCC4=CC(=O)CCC4=C3[C@@H](c3ccc(N)cc3)C[C@@]21C. The number of allylic oxidation sites excluding steroid dienone is 4. The van der Waals surface area contributed by atoms with Crippen molar-refractivity contribution in [3.63, 3.8) is 0 Å². The fraction of sp³-hybridized carbons (Fsp3) is 0.536. The molecule has 0 radical (unpaired) electrons. The zero-order valence-electron chi connectivity index (χ0n) is 19.8. The third-order valence-corrected chi connectivity index (χ3v) is 9.08. The molecule has 5 nitrogen and oxygen atoms in total. The molecule has 0 spiro atoms. The first-order valence-electron chi connectivity index (χ1n) is 12.2. The first-order chi connectivity index (χ1) is 15.7. The lowest BCUT2D eigenvalue weighted by atomic mass is 9.50. The molecule has 0 heterocycles. The van der Waals surface area contributed by atoms with Crippen LogP contribution in [0, 0.1) is 17.3 Å². The van der Waals surface area contributed by atoms with Gasteiger partial charge in [0.2, 0.25) is 0 Å². The Balaban J connectivity index is 1.70. The number of rotatable bonds is 3. The second-order valence-corrected chi connectivity index (χ2v) is 10.7. The summed E-state index contributed by atoms with van der Waals surface area (Å²) in [6, 6.07) is 8.06. The summed E-state index contributed by atoms with van der Waals surface area (Å²) in [7, 11) is 0. The van der Waals surface area contributed by atoms with Crippen LogP contribution in [0.2, 0.25) is 0 Å². The predicted octanol–water partition coefficient (Wildman–Crippen LogP) is 5.06. The Kier molecular flexibility index (Phi) is 5.15. The van der Waals surface area contributed by atoms with E-state index in [0.717, 1.165) is 37.8 Å². The summed E-state index contributed by atoms with van der Waals surface area (Å²) in [5.74, 6) is 0.491. The molecule has 1 aromatic rings. The summed E-state index contributed by atoms with van der Waals surface area (Å²) in [4.78, 5) is 37.5. The Morgan fingerprint density at radius 3 is 2.45 bits per heavy atom. The van der Waals surface area contributed by atoms with E-state index in [4.69, 9.17) is 10.5 Å². The molecule has 0 amide bonds. The average Bonchev–Trinajstić information content (AvgIpc) is 3.06. The van der Waals surface area contributed by atoms with Gasteiger partial charge in [-0.05, 0) is 92.2 Å². The van der Waals surface area contributed by atoms with Crippen molar-refractivity contribution in [1.29, 1.82) is 0 Å². The molecular formula is C28H33NO4. The standard InChI is InChI=1S/C28H33NO4/c1-16(30)28(33-17(2)31)13-12-25-23-10-6-19-14-21(32)9-11-22(19)26(23)24(15-27(25,28)3)18-4-7-20(29)8-5-18/h4-5,7-8,14,23-25H,6,9-13,15,29H2,1-3H3/t23?,24-,25?,27+,28?/m1/s1. The van der Waals surface area contributed by atoms with Crippen LogP contribution in [0.5, 0.6) is 0 Å². The highest BCUT2D eigenvalue weighted by atomic mass is 16.6. The summed E-state index contributed by atoms with van der Waals surface area (Å²) in [6.07, 6.45) is 7.29. The molecule has 3 unspecified atom stereocenters. The van der Waals surface area contributed by atoms with E-state index in [1.807, 2.05) is 18.2 Å². The van der Waals surface area contributed by atoms with Gasteiger partial charge in [0.15, 0.2) is 17.2 Å². The summed E-state index contributed by atoms with van der Waals surface area (Å²) >= 11 is 0. The Morgan fingerprint density at radius 2 is 1.79 bits per heavy atom. The second-order valence-electron chi connectivity index (χ2n) is 10.7. The number of hydrogen-bond donors (Lipinski definition) is 1. The molecule has 2 fully saturated rings. The number of benzene rings is 1. The van der Waals surface area contributed by atoms with Crippen molar-refractivity contribution >= 4 is 23.2 Å². The highest BCUT2D eigenvalue weighted by molar-refractivity contribution is 5.93. The Hall–Kier alpha value is -2.69. The van der Waals surface area contributed by atoms with E-state index in [9.17, 15) is 14.4 Å². The van der Waals surface area contributed by atoms with E-state index < -0.39 is 11.0 Å². The van der Waals surface area contributed by atoms with E-state index in [0.29, 0.717) is 18.8 Å². The Bertz CT molecular complexity index is 1100. The molecule has 174 valence electrons. The molecule has 4 aliphatic carbocycles. The highest BCUT2D eigenvalue weighted by Gasteiger charge is 2.67. The zero-order chi connectivity index (χ0) is 23.5. The van der Waals surface area contributed by atoms with E-state index in [1.165, 1.54) is 29.2 Å². The fourth-order valence-electron chi connectivity index (χ4n) is 7.74. The first-order valence-corrected chi connectivity index (χ1v) is 12.2. The topological polar surface area (TPSA) is 86.5 Å². The van der Waals surface area contributed by atoms with E-state index >= 15 is 0 Å². The van der Waals surface area contributed by atoms with Gasteiger partial charge < -0.3 is 10.5 Å². The molecule has 0 bridgehead atoms. The molecular weight excluding hydrogens is 414 g/mol. The second kappa shape index (κ2) is 7.68. The third kappa shape index (κ3) is 3.23. The predicted molar refractivity (Wildman–Crippen MR) is 126 cm³/mol. The molecule has 1 aromatic carbocycles. The molecule has 5 atom stereocenters. The summed E-state index contributed by atoms with van der Waals surface area (Å²) in [6.45, 7) is 5.17. The van der Waals surface area contributed by atoms with Crippen molar-refractivity contribution in [3.05, 3.63) is 52.6 Å². The maximum Gasteiger partial charge on any atom is 0.303 e. The minimum atomic E-state index is -1.08. The molecule has 4 aliphatic rings. The van der Waals surface area contributed by atoms with E-state index in [2.05, 4.69) is 19.1 Å². The number of fused-ring (bicyclic) bond motifs is 4. The third-order valence-electron chi connectivity index (χ3n) is 9.08. The zero-order valence-corrected chi connectivity index (χ0v) is 19.8. The largest absolute Gasteiger partial charge is 0.451 e. The van der Waals surface area contributed by atoms with Crippen molar-refractivity contribution in [2.24, 2.45) is 17.3 Å². The van der Waals surface area contributed by atoms with Crippen LogP contribution in [0.1, 0.15) is 77.2 Å². The molecule has 2 N–H and O–H groups in total. The molecule has 0 aromatic heterocycles. The number of hydrogen-bond acceptors (Lipinski definition) is 5. The fourth-order valence-corrected chi connectivity index (χ4v) is 7.74. The summed E-state index contributed by atoms with van der Waals surface area (Å²) in [5.41, 5.74) is 10.4. The van der Waals surface area contributed by atoms with Gasteiger partial charge in [-0.1, -0.05) is 24.6 Å². The lowest BCUT2D eigenvalue weighted by molar-refractivity contribution is -0.182. The van der Waals surface area contributed by atoms with Crippen molar-refractivity contribution < 1.29 is 19.1 Å². The number of nitrogen functional groups attached to an aromatic ring is 1. The first kappa shape index (κ1) is 22.1. The van der Waals surface area contributed by atoms with Crippen LogP contribution in [0.4, 0.5) is 5.69 Å². The number of esters is 1. The van der Waals surface area contributed by atoms with Crippen LogP contribution >= 0.6 is 0 Å². The number of ether oxygens (including phenoxy) is 1. The van der Waals surface area contributed by atoms with Crippen molar-refractivity contribution in [2.75, 3.05) is 5.73 Å². The molecule has 0 saturated heterocycles. The van der Waals surface area contributed by atoms with Crippen molar-refractivity contribution in [2.45, 2.75) is 77.2 Å². The number of Topliss-reactive ketones (excluding diaryl/α,β-unsaturated/α-hetero) is 1.